The fourth-order valence-electron chi connectivity index (χ4n) is 1.73. The Hall–Kier alpha value is -1.76. The lowest BCUT2D eigenvalue weighted by molar-refractivity contribution is 0.289. The number of nitrogens with zero attached hydrogens (tertiary/aromatic N) is 4. The van der Waals surface area contributed by atoms with Crippen molar-refractivity contribution in [2.45, 2.75) is 33.1 Å². The minimum absolute atomic E-state index is 0.192. The molecule has 0 aliphatic rings. The minimum atomic E-state index is 0.192. The Bertz CT molecular complexity index is 475. The van der Waals surface area contributed by atoms with E-state index < -0.39 is 0 Å². The maximum Gasteiger partial charge on any atom is 0.227 e. The third-order valence-electron chi connectivity index (χ3n) is 2.95. The van der Waals surface area contributed by atoms with E-state index in [1.165, 1.54) is 0 Å². The van der Waals surface area contributed by atoms with Crippen LogP contribution < -0.4 is 5.73 Å². The predicted molar refractivity (Wildman–Crippen MR) is 65.4 cm³/mol. The molecule has 0 atom stereocenters. The van der Waals surface area contributed by atoms with Gasteiger partial charge in [-0.25, -0.2) is 0 Å². The quantitative estimate of drug-likeness (QED) is 0.796. The maximum absolute atomic E-state index is 5.58. The van der Waals surface area contributed by atoms with Crippen molar-refractivity contribution in [3.05, 3.63) is 12.1 Å². The Kier molecular flexibility index (Phi) is 3.71. The van der Waals surface area contributed by atoms with Crippen LogP contribution in [0.4, 0.5) is 0 Å². The zero-order chi connectivity index (χ0) is 13.0. The number of hydrogen-bond acceptors (Lipinski definition) is 6. The Morgan fingerprint density at radius 2 is 2.22 bits per heavy atom. The third kappa shape index (κ3) is 3.13. The summed E-state index contributed by atoms with van der Waals surface area (Å²) in [4.78, 5) is 4.28. The van der Waals surface area contributed by atoms with Gasteiger partial charge in [-0.2, -0.15) is 20.4 Å². The molecule has 98 valence electrons. The van der Waals surface area contributed by atoms with Crippen LogP contribution in [0.3, 0.4) is 0 Å². The standard InChI is InChI=1S/C11H18N6O/c1-11(2,5-6-12)4-3-9-14-10(16-18-9)8-7-13-17-15-8/h7H,3-6,12H2,1-2H3,(H,13,15,17). The van der Waals surface area contributed by atoms with Gasteiger partial charge in [0.15, 0.2) is 5.69 Å². The molecule has 0 bridgehead atoms. The van der Waals surface area contributed by atoms with Gasteiger partial charge in [-0.15, -0.1) is 0 Å². The lowest BCUT2D eigenvalue weighted by atomic mass is 9.84. The van der Waals surface area contributed by atoms with E-state index in [0.29, 0.717) is 24.0 Å². The van der Waals surface area contributed by atoms with Gasteiger partial charge in [0.05, 0.1) is 6.20 Å². The maximum atomic E-state index is 5.58. The number of hydrogen-bond donors (Lipinski definition) is 2. The number of H-pyrrole nitrogens is 1. The third-order valence-corrected chi connectivity index (χ3v) is 2.95. The van der Waals surface area contributed by atoms with Gasteiger partial charge in [0.1, 0.15) is 0 Å². The van der Waals surface area contributed by atoms with Crippen LogP contribution in [0.25, 0.3) is 11.5 Å². The summed E-state index contributed by atoms with van der Waals surface area (Å²) >= 11 is 0. The minimum Gasteiger partial charge on any atom is -0.339 e. The molecule has 0 aliphatic heterocycles. The summed E-state index contributed by atoms with van der Waals surface area (Å²) in [5.74, 6) is 1.09. The first-order valence-corrected chi connectivity index (χ1v) is 5.99. The van der Waals surface area contributed by atoms with Gasteiger partial charge in [0.25, 0.3) is 0 Å². The molecule has 18 heavy (non-hydrogen) atoms. The molecule has 2 aromatic heterocycles. The van der Waals surface area contributed by atoms with Gasteiger partial charge in [-0.05, 0) is 24.8 Å². The van der Waals surface area contributed by atoms with Crippen molar-refractivity contribution in [1.29, 1.82) is 0 Å². The number of aromatic amines is 1. The largest absolute Gasteiger partial charge is 0.339 e. The van der Waals surface area contributed by atoms with Crippen LogP contribution in [0.15, 0.2) is 10.7 Å². The Balaban J connectivity index is 1.95. The molecule has 0 fully saturated rings. The van der Waals surface area contributed by atoms with E-state index in [1.54, 1.807) is 6.20 Å². The van der Waals surface area contributed by atoms with E-state index >= 15 is 0 Å². The van der Waals surface area contributed by atoms with E-state index in [2.05, 4.69) is 39.4 Å². The molecule has 0 radical (unpaired) electrons. The van der Waals surface area contributed by atoms with Crippen LogP contribution in [0.2, 0.25) is 0 Å². The smallest absolute Gasteiger partial charge is 0.227 e. The first kappa shape index (κ1) is 12.7. The van der Waals surface area contributed by atoms with E-state index in [-0.39, 0.29) is 5.41 Å². The number of nitrogens with one attached hydrogen (secondary N) is 1. The summed E-state index contributed by atoms with van der Waals surface area (Å²) in [5, 5.41) is 14.0. The van der Waals surface area contributed by atoms with Gasteiger partial charge < -0.3 is 10.3 Å². The fraction of sp³-hybridized carbons (Fsp3) is 0.636. The van der Waals surface area contributed by atoms with E-state index in [0.717, 1.165) is 19.3 Å². The highest BCUT2D eigenvalue weighted by Crippen LogP contribution is 2.26. The molecule has 0 spiro atoms. The van der Waals surface area contributed by atoms with Crippen molar-refractivity contribution in [2.24, 2.45) is 11.1 Å². The van der Waals surface area contributed by atoms with Gasteiger partial charge in [0, 0.05) is 6.42 Å². The molecule has 7 heteroatoms. The highest BCUT2D eigenvalue weighted by Gasteiger charge is 2.19. The summed E-state index contributed by atoms with van der Waals surface area (Å²) < 4.78 is 5.19. The molecular formula is C11H18N6O. The average Bonchev–Trinajstić information content (AvgIpc) is 2.97. The molecule has 2 heterocycles. The second kappa shape index (κ2) is 5.26. The lowest BCUT2D eigenvalue weighted by Crippen LogP contribution is -2.17. The zero-order valence-electron chi connectivity index (χ0n) is 10.7. The van der Waals surface area contributed by atoms with Gasteiger partial charge in [-0.3, -0.25) is 0 Å². The summed E-state index contributed by atoms with van der Waals surface area (Å²) in [6.45, 7) is 5.07. The van der Waals surface area contributed by atoms with Crippen molar-refractivity contribution in [3.63, 3.8) is 0 Å². The second-order valence-corrected chi connectivity index (χ2v) is 5.07. The van der Waals surface area contributed by atoms with Crippen molar-refractivity contribution >= 4 is 0 Å². The number of aromatic nitrogens is 5. The Morgan fingerprint density at radius 1 is 1.39 bits per heavy atom. The molecule has 0 saturated carbocycles. The lowest BCUT2D eigenvalue weighted by Gasteiger charge is -2.22. The summed E-state index contributed by atoms with van der Waals surface area (Å²) in [6.07, 6.45) is 4.26. The Morgan fingerprint density at radius 3 is 2.89 bits per heavy atom. The molecule has 0 saturated heterocycles. The molecule has 7 nitrogen and oxygen atoms in total. The second-order valence-electron chi connectivity index (χ2n) is 5.07. The zero-order valence-corrected chi connectivity index (χ0v) is 10.7. The van der Waals surface area contributed by atoms with Crippen LogP contribution in [-0.2, 0) is 6.42 Å². The molecule has 0 aliphatic carbocycles. The normalized spacial score (nSPS) is 11.9. The number of aryl methyl sites for hydroxylation is 1. The van der Waals surface area contributed by atoms with Crippen molar-refractivity contribution < 1.29 is 4.52 Å². The SMILES string of the molecule is CC(C)(CCN)CCc1nc(-c2cn[nH]n2)no1. The topological polar surface area (TPSA) is 107 Å². The first-order valence-electron chi connectivity index (χ1n) is 5.99. The van der Waals surface area contributed by atoms with Crippen LogP contribution in [0.1, 0.15) is 32.6 Å². The van der Waals surface area contributed by atoms with Crippen LogP contribution in [0.5, 0.6) is 0 Å². The number of rotatable bonds is 6. The Labute approximate surface area is 105 Å². The molecule has 0 unspecified atom stereocenters. The van der Waals surface area contributed by atoms with Gasteiger partial charge >= 0.3 is 0 Å². The highest BCUT2D eigenvalue weighted by atomic mass is 16.5. The van der Waals surface area contributed by atoms with Crippen LogP contribution in [0, 0.1) is 5.41 Å². The number of nitrogens with two attached hydrogens (primary N) is 1. The monoisotopic (exact) mass is 250 g/mol. The predicted octanol–water partition coefficient (Wildman–Crippen LogP) is 1.16. The van der Waals surface area contributed by atoms with Crippen LogP contribution >= 0.6 is 0 Å². The molecule has 3 N–H and O–H groups in total. The molecule has 2 aromatic rings. The van der Waals surface area contributed by atoms with E-state index in [4.69, 9.17) is 10.3 Å². The van der Waals surface area contributed by atoms with Crippen molar-refractivity contribution in [2.75, 3.05) is 6.54 Å². The first-order chi connectivity index (χ1) is 8.61. The molecule has 2 rings (SSSR count). The average molecular weight is 250 g/mol. The van der Waals surface area contributed by atoms with E-state index in [1.807, 2.05) is 0 Å². The van der Waals surface area contributed by atoms with Crippen molar-refractivity contribution in [3.8, 4) is 11.5 Å². The van der Waals surface area contributed by atoms with Crippen molar-refractivity contribution in [1.82, 2.24) is 25.6 Å². The van der Waals surface area contributed by atoms with Gasteiger partial charge in [0.2, 0.25) is 11.7 Å². The van der Waals surface area contributed by atoms with E-state index in [9.17, 15) is 0 Å². The fourth-order valence-corrected chi connectivity index (χ4v) is 1.73. The molecule has 0 aromatic carbocycles. The molecular weight excluding hydrogens is 232 g/mol. The summed E-state index contributed by atoms with van der Waals surface area (Å²) in [6, 6.07) is 0. The molecule has 0 amide bonds. The van der Waals surface area contributed by atoms with Crippen LogP contribution in [-0.4, -0.2) is 32.1 Å². The highest BCUT2D eigenvalue weighted by molar-refractivity contribution is 5.44. The summed E-state index contributed by atoms with van der Waals surface area (Å²) in [5.41, 5.74) is 6.36. The summed E-state index contributed by atoms with van der Waals surface area (Å²) in [7, 11) is 0. The van der Waals surface area contributed by atoms with Gasteiger partial charge in [-0.1, -0.05) is 19.0 Å².